The fourth-order valence-corrected chi connectivity index (χ4v) is 3.55. The van der Waals surface area contributed by atoms with Gasteiger partial charge in [-0.25, -0.2) is 4.98 Å². The quantitative estimate of drug-likeness (QED) is 0.202. The van der Waals surface area contributed by atoms with Gasteiger partial charge in [-0.15, -0.1) is 35.3 Å². The molecular weight excluding hydrogens is 502 g/mol. The van der Waals surface area contributed by atoms with Crippen LogP contribution >= 0.6 is 35.3 Å². The van der Waals surface area contributed by atoms with Crippen molar-refractivity contribution in [2.75, 3.05) is 26.2 Å². The van der Waals surface area contributed by atoms with Crippen molar-refractivity contribution < 1.29 is 13.2 Å². The van der Waals surface area contributed by atoms with Crippen molar-refractivity contribution in [3.8, 4) is 0 Å². The fourth-order valence-electron chi connectivity index (χ4n) is 2.74. The lowest BCUT2D eigenvalue weighted by Crippen LogP contribution is -2.39. The number of nitrogens with one attached hydrogen (secondary N) is 2. The second kappa shape index (κ2) is 13.6. The lowest BCUT2D eigenvalue weighted by atomic mass is 10.2. The Labute approximate surface area is 187 Å². The Hall–Kier alpha value is -0.620. The molecule has 0 spiro atoms. The third-order valence-corrected chi connectivity index (χ3v) is 4.90. The molecule has 0 atom stereocenters. The van der Waals surface area contributed by atoms with Crippen molar-refractivity contribution >= 4 is 41.3 Å². The smallest absolute Gasteiger partial charge is 0.357 e. The lowest BCUT2D eigenvalue weighted by molar-refractivity contribution is -0.140. The highest BCUT2D eigenvalue weighted by Crippen LogP contribution is 2.29. The van der Waals surface area contributed by atoms with E-state index >= 15 is 0 Å². The summed E-state index contributed by atoms with van der Waals surface area (Å²) in [4.78, 5) is 10.6. The van der Waals surface area contributed by atoms with Crippen LogP contribution in [0.25, 0.3) is 0 Å². The van der Waals surface area contributed by atoms with Crippen LogP contribution in [0.2, 0.25) is 0 Å². The summed E-state index contributed by atoms with van der Waals surface area (Å²) < 4.78 is 37.7. The molecule has 0 bridgehead atoms. The molecular formula is C18H33F3IN5S. The molecule has 164 valence electrons. The van der Waals surface area contributed by atoms with Crippen molar-refractivity contribution in [2.24, 2.45) is 4.99 Å². The molecule has 1 aromatic heterocycles. The van der Waals surface area contributed by atoms with Crippen LogP contribution in [0.4, 0.5) is 13.2 Å². The molecule has 1 aromatic rings. The third-order valence-electron chi connectivity index (χ3n) is 3.99. The lowest BCUT2D eigenvalue weighted by Gasteiger charge is -2.30. The van der Waals surface area contributed by atoms with E-state index in [1.54, 1.807) is 0 Å². The van der Waals surface area contributed by atoms with Gasteiger partial charge in [-0.05, 0) is 41.0 Å². The first-order valence-corrected chi connectivity index (χ1v) is 10.3. The van der Waals surface area contributed by atoms with Crippen molar-refractivity contribution in [1.29, 1.82) is 0 Å². The number of thiazole rings is 1. The largest absolute Gasteiger partial charge is 0.434 e. The first-order chi connectivity index (χ1) is 12.6. The fraction of sp³-hybridized carbons (Fsp3) is 0.778. The Morgan fingerprint density at radius 3 is 2.36 bits per heavy atom. The number of rotatable bonds is 10. The van der Waals surface area contributed by atoms with Crippen LogP contribution in [0.5, 0.6) is 0 Å². The van der Waals surface area contributed by atoms with Crippen LogP contribution < -0.4 is 10.6 Å². The molecule has 0 unspecified atom stereocenters. The number of halogens is 4. The Balaban J connectivity index is 0.00000729. The summed E-state index contributed by atoms with van der Waals surface area (Å²) in [6, 6.07) is 1.00. The van der Waals surface area contributed by atoms with Crippen LogP contribution in [0.15, 0.2) is 10.4 Å². The second-order valence-corrected chi connectivity index (χ2v) is 7.78. The van der Waals surface area contributed by atoms with Crippen LogP contribution in [0.3, 0.4) is 0 Å². The van der Waals surface area contributed by atoms with E-state index in [4.69, 9.17) is 0 Å². The van der Waals surface area contributed by atoms with Crippen molar-refractivity contribution in [3.05, 3.63) is 16.1 Å². The van der Waals surface area contributed by atoms with Crippen molar-refractivity contribution in [3.63, 3.8) is 0 Å². The summed E-state index contributed by atoms with van der Waals surface area (Å²) in [6.07, 6.45) is -2.99. The Morgan fingerprint density at radius 1 is 1.21 bits per heavy atom. The molecule has 10 heteroatoms. The minimum atomic E-state index is -4.38. The summed E-state index contributed by atoms with van der Waals surface area (Å²) in [7, 11) is 0. The number of alkyl halides is 3. The summed E-state index contributed by atoms with van der Waals surface area (Å²) in [6.45, 7) is 13.6. The molecule has 0 aliphatic carbocycles. The van der Waals surface area contributed by atoms with Crippen LogP contribution in [0.1, 0.15) is 51.7 Å². The number of nitrogens with zero attached hydrogens (tertiary/aromatic N) is 3. The molecule has 0 fully saturated rings. The van der Waals surface area contributed by atoms with Gasteiger partial charge >= 0.3 is 6.18 Å². The predicted molar refractivity (Wildman–Crippen MR) is 122 cm³/mol. The molecule has 0 saturated heterocycles. The molecule has 1 heterocycles. The van der Waals surface area contributed by atoms with Gasteiger partial charge in [0.1, 0.15) is 0 Å². The van der Waals surface area contributed by atoms with Crippen LogP contribution in [-0.2, 0) is 12.6 Å². The Bertz CT molecular complexity index is 568. The summed E-state index contributed by atoms with van der Waals surface area (Å²) >= 11 is 1.03. The molecule has 0 aliphatic heterocycles. The van der Waals surface area contributed by atoms with Gasteiger partial charge in [0, 0.05) is 50.1 Å². The maximum atomic E-state index is 12.6. The molecule has 0 radical (unpaired) electrons. The minimum Gasteiger partial charge on any atom is -0.357 e. The van der Waals surface area contributed by atoms with Crippen LogP contribution in [0, 0.1) is 0 Å². The first kappa shape index (κ1) is 27.4. The highest BCUT2D eigenvalue weighted by Gasteiger charge is 2.33. The third kappa shape index (κ3) is 10.2. The van der Waals surface area contributed by atoms with Crippen LogP contribution in [-0.4, -0.2) is 54.1 Å². The highest BCUT2D eigenvalue weighted by atomic mass is 127. The number of aliphatic imine (C=N–C) groups is 1. The average Bonchev–Trinajstić information content (AvgIpc) is 3.03. The van der Waals surface area contributed by atoms with Gasteiger partial charge in [0.05, 0.1) is 5.01 Å². The second-order valence-electron chi connectivity index (χ2n) is 6.84. The van der Waals surface area contributed by atoms with E-state index in [-0.39, 0.29) is 24.0 Å². The van der Waals surface area contributed by atoms with Gasteiger partial charge in [-0.1, -0.05) is 0 Å². The van der Waals surface area contributed by atoms with E-state index in [9.17, 15) is 13.2 Å². The molecule has 0 aliphatic rings. The van der Waals surface area contributed by atoms with Gasteiger partial charge in [-0.2, -0.15) is 13.2 Å². The van der Waals surface area contributed by atoms with Gasteiger partial charge in [0.15, 0.2) is 11.7 Å². The van der Waals surface area contributed by atoms with E-state index in [1.165, 1.54) is 0 Å². The predicted octanol–water partition coefficient (Wildman–Crippen LogP) is 4.39. The van der Waals surface area contributed by atoms with Gasteiger partial charge in [-0.3, -0.25) is 9.89 Å². The monoisotopic (exact) mass is 535 g/mol. The average molecular weight is 535 g/mol. The molecule has 5 nitrogen and oxygen atoms in total. The number of aromatic nitrogens is 1. The van der Waals surface area contributed by atoms with Crippen molar-refractivity contribution in [2.45, 2.75) is 65.7 Å². The maximum Gasteiger partial charge on any atom is 0.434 e. The van der Waals surface area contributed by atoms with E-state index in [2.05, 4.69) is 53.2 Å². The standard InChI is InChI=1S/C18H32F3N5S.HI/c1-6-22-17(23-9-7-11-26(13(2)3)14(4)5)24-10-8-16-25-15(12-27-16)18(19,20)21;/h12-14H,6-11H2,1-5H3,(H2,22,23,24);1H. The highest BCUT2D eigenvalue weighted by molar-refractivity contribution is 14.0. The molecule has 1 rings (SSSR count). The maximum absolute atomic E-state index is 12.6. The number of hydrogen-bond acceptors (Lipinski definition) is 4. The molecule has 0 saturated carbocycles. The summed E-state index contributed by atoms with van der Waals surface area (Å²) in [5.74, 6) is 0.686. The molecule has 0 aromatic carbocycles. The molecule has 2 N–H and O–H groups in total. The van der Waals surface area contributed by atoms with Gasteiger partial charge in [0.2, 0.25) is 0 Å². The Morgan fingerprint density at radius 2 is 1.86 bits per heavy atom. The van der Waals surface area contributed by atoms with E-state index in [0.717, 1.165) is 36.2 Å². The minimum absolute atomic E-state index is 0. The van der Waals surface area contributed by atoms with Crippen molar-refractivity contribution in [1.82, 2.24) is 20.5 Å². The molecule has 28 heavy (non-hydrogen) atoms. The molecule has 0 amide bonds. The zero-order valence-corrected chi connectivity index (χ0v) is 20.4. The normalized spacial score (nSPS) is 12.6. The van der Waals surface area contributed by atoms with Gasteiger partial charge < -0.3 is 10.6 Å². The van der Waals surface area contributed by atoms with Gasteiger partial charge in [0.25, 0.3) is 0 Å². The van der Waals surface area contributed by atoms with E-state index in [1.807, 2.05) is 6.92 Å². The zero-order chi connectivity index (χ0) is 20.4. The number of guanidine groups is 1. The topological polar surface area (TPSA) is 52.6 Å². The van der Waals surface area contributed by atoms with E-state index < -0.39 is 11.9 Å². The Kier molecular flexibility index (Phi) is 13.3. The SMILES string of the molecule is CCNC(=NCCCN(C(C)C)C(C)C)NCCc1nc(C(F)(F)F)cs1.I. The zero-order valence-electron chi connectivity index (χ0n) is 17.3. The first-order valence-electron chi connectivity index (χ1n) is 9.44. The summed E-state index contributed by atoms with van der Waals surface area (Å²) in [5.41, 5.74) is -0.817. The summed E-state index contributed by atoms with van der Waals surface area (Å²) in [5, 5.41) is 7.85. The van der Waals surface area contributed by atoms with E-state index in [0.29, 0.717) is 42.6 Å². The number of hydrogen-bond donors (Lipinski definition) is 2.